The van der Waals surface area contributed by atoms with Gasteiger partial charge in [-0.25, -0.2) is 0 Å². The molecule has 0 radical (unpaired) electrons. The largest absolute Gasteiger partial charge is 0.409 e. The molecule has 0 bridgehead atoms. The van der Waals surface area contributed by atoms with Crippen LogP contribution in [-0.4, -0.2) is 48.3 Å². The molecule has 1 unspecified atom stereocenters. The summed E-state index contributed by atoms with van der Waals surface area (Å²) in [6.07, 6.45) is 1.58. The highest BCUT2D eigenvalue weighted by atomic mass is 16.5. The standard InChI is InChI=1S/C11H25N3O2/c1-9(2)14(7-5-11(12)13-15)10(3)6-8-16-4/h9-10,15H,5-8H2,1-4H3,(H2,12,13). The third kappa shape index (κ3) is 5.92. The fraction of sp³-hybridized carbons (Fsp3) is 0.909. The molecule has 96 valence electrons. The summed E-state index contributed by atoms with van der Waals surface area (Å²) in [7, 11) is 1.71. The summed E-state index contributed by atoms with van der Waals surface area (Å²) in [5.74, 6) is 0.282. The summed E-state index contributed by atoms with van der Waals surface area (Å²) in [6, 6.07) is 0.879. The molecule has 5 heteroatoms. The van der Waals surface area contributed by atoms with E-state index >= 15 is 0 Å². The van der Waals surface area contributed by atoms with Crippen LogP contribution in [0, 0.1) is 0 Å². The first-order chi connectivity index (χ1) is 7.52. The van der Waals surface area contributed by atoms with Crippen LogP contribution in [0.5, 0.6) is 0 Å². The maximum Gasteiger partial charge on any atom is 0.140 e. The molecule has 0 saturated heterocycles. The van der Waals surface area contributed by atoms with Crippen molar-refractivity contribution in [3.05, 3.63) is 0 Å². The van der Waals surface area contributed by atoms with Crippen LogP contribution < -0.4 is 5.73 Å². The molecule has 0 amide bonds. The average molecular weight is 231 g/mol. The zero-order chi connectivity index (χ0) is 12.6. The fourth-order valence-corrected chi connectivity index (χ4v) is 1.74. The summed E-state index contributed by atoms with van der Waals surface area (Å²) >= 11 is 0. The zero-order valence-corrected chi connectivity index (χ0v) is 10.8. The van der Waals surface area contributed by atoms with Gasteiger partial charge in [0.1, 0.15) is 5.84 Å². The SMILES string of the molecule is COCCC(C)N(CCC(N)=NO)C(C)C. The second kappa shape index (κ2) is 8.35. The van der Waals surface area contributed by atoms with Crippen LogP contribution >= 0.6 is 0 Å². The molecule has 0 fully saturated rings. The molecule has 1 atom stereocenters. The Balaban J connectivity index is 4.15. The number of ether oxygens (including phenoxy) is 1. The molecule has 0 rings (SSSR count). The van der Waals surface area contributed by atoms with Gasteiger partial charge in [-0.15, -0.1) is 0 Å². The Hall–Kier alpha value is -0.810. The van der Waals surface area contributed by atoms with E-state index in [1.54, 1.807) is 7.11 Å². The van der Waals surface area contributed by atoms with Gasteiger partial charge in [-0.05, 0) is 27.2 Å². The normalized spacial score (nSPS) is 14.8. The zero-order valence-electron chi connectivity index (χ0n) is 10.8. The number of oxime groups is 1. The van der Waals surface area contributed by atoms with Crippen molar-refractivity contribution in [1.29, 1.82) is 0 Å². The van der Waals surface area contributed by atoms with Crippen LogP contribution in [0.25, 0.3) is 0 Å². The molecule has 0 aromatic rings. The van der Waals surface area contributed by atoms with Crippen molar-refractivity contribution in [2.24, 2.45) is 10.9 Å². The van der Waals surface area contributed by atoms with Crippen molar-refractivity contribution in [3.63, 3.8) is 0 Å². The molecule has 0 heterocycles. The molecular formula is C11H25N3O2. The molecule has 0 aliphatic heterocycles. The van der Waals surface area contributed by atoms with Gasteiger partial charge >= 0.3 is 0 Å². The number of nitrogens with zero attached hydrogens (tertiary/aromatic N) is 2. The average Bonchev–Trinajstić information content (AvgIpc) is 2.25. The summed E-state index contributed by atoms with van der Waals surface area (Å²) in [5.41, 5.74) is 5.47. The van der Waals surface area contributed by atoms with Gasteiger partial charge in [0.25, 0.3) is 0 Å². The van der Waals surface area contributed by atoms with Gasteiger partial charge in [0.05, 0.1) is 0 Å². The van der Waals surface area contributed by atoms with E-state index < -0.39 is 0 Å². The Labute approximate surface area is 98.2 Å². The van der Waals surface area contributed by atoms with Gasteiger partial charge in [-0.2, -0.15) is 0 Å². The monoisotopic (exact) mass is 231 g/mol. The summed E-state index contributed by atoms with van der Waals surface area (Å²) in [6.45, 7) is 8.03. The summed E-state index contributed by atoms with van der Waals surface area (Å²) in [4.78, 5) is 2.33. The third-order valence-electron chi connectivity index (χ3n) is 2.72. The second-order valence-corrected chi connectivity index (χ2v) is 4.30. The summed E-state index contributed by atoms with van der Waals surface area (Å²) < 4.78 is 5.07. The van der Waals surface area contributed by atoms with E-state index in [2.05, 4.69) is 30.8 Å². The van der Waals surface area contributed by atoms with E-state index in [0.29, 0.717) is 18.5 Å². The molecule has 0 aromatic heterocycles. The first kappa shape index (κ1) is 15.2. The van der Waals surface area contributed by atoms with Crippen LogP contribution in [0.1, 0.15) is 33.6 Å². The second-order valence-electron chi connectivity index (χ2n) is 4.30. The molecule has 3 N–H and O–H groups in total. The predicted molar refractivity (Wildman–Crippen MR) is 65.8 cm³/mol. The van der Waals surface area contributed by atoms with Crippen LogP contribution in [0.3, 0.4) is 0 Å². The topological polar surface area (TPSA) is 71.1 Å². The lowest BCUT2D eigenvalue weighted by Gasteiger charge is -2.32. The quantitative estimate of drug-likeness (QED) is 0.285. The Morgan fingerprint density at radius 3 is 2.50 bits per heavy atom. The molecule has 0 aliphatic rings. The van der Waals surface area contributed by atoms with Gasteiger partial charge in [0.15, 0.2) is 0 Å². The van der Waals surface area contributed by atoms with Crippen molar-refractivity contribution in [3.8, 4) is 0 Å². The Morgan fingerprint density at radius 2 is 2.06 bits per heavy atom. The van der Waals surface area contributed by atoms with E-state index in [1.807, 2.05) is 0 Å². The third-order valence-corrected chi connectivity index (χ3v) is 2.72. The minimum atomic E-state index is 0.282. The number of nitrogens with two attached hydrogens (primary N) is 1. The highest BCUT2D eigenvalue weighted by molar-refractivity contribution is 5.79. The number of rotatable bonds is 8. The first-order valence-electron chi connectivity index (χ1n) is 5.74. The van der Waals surface area contributed by atoms with E-state index in [9.17, 15) is 0 Å². The van der Waals surface area contributed by atoms with Crippen LogP contribution in [-0.2, 0) is 4.74 Å². The van der Waals surface area contributed by atoms with Crippen molar-refractivity contribution in [1.82, 2.24) is 4.90 Å². The van der Waals surface area contributed by atoms with Crippen molar-refractivity contribution < 1.29 is 9.94 Å². The van der Waals surface area contributed by atoms with Crippen LogP contribution in [0.15, 0.2) is 5.16 Å². The van der Waals surface area contributed by atoms with E-state index in [-0.39, 0.29) is 5.84 Å². The number of methoxy groups -OCH3 is 1. The Morgan fingerprint density at radius 1 is 1.44 bits per heavy atom. The smallest absolute Gasteiger partial charge is 0.140 e. The number of amidine groups is 1. The highest BCUT2D eigenvalue weighted by Gasteiger charge is 2.16. The lowest BCUT2D eigenvalue weighted by Crippen LogP contribution is -2.41. The van der Waals surface area contributed by atoms with E-state index in [0.717, 1.165) is 19.6 Å². The molecule has 0 spiro atoms. The van der Waals surface area contributed by atoms with Gasteiger partial charge < -0.3 is 15.7 Å². The first-order valence-corrected chi connectivity index (χ1v) is 5.74. The van der Waals surface area contributed by atoms with Crippen LogP contribution in [0.2, 0.25) is 0 Å². The van der Waals surface area contributed by atoms with E-state index in [4.69, 9.17) is 15.7 Å². The minimum absolute atomic E-state index is 0.282. The summed E-state index contributed by atoms with van der Waals surface area (Å²) in [5, 5.41) is 11.5. The molecule has 16 heavy (non-hydrogen) atoms. The Bertz CT molecular complexity index is 207. The number of hydrogen-bond acceptors (Lipinski definition) is 4. The van der Waals surface area contributed by atoms with Crippen molar-refractivity contribution >= 4 is 5.84 Å². The molecular weight excluding hydrogens is 206 g/mol. The van der Waals surface area contributed by atoms with Crippen LogP contribution in [0.4, 0.5) is 0 Å². The lowest BCUT2D eigenvalue weighted by molar-refractivity contribution is 0.118. The molecule has 5 nitrogen and oxygen atoms in total. The maximum absolute atomic E-state index is 8.49. The van der Waals surface area contributed by atoms with Crippen molar-refractivity contribution in [2.45, 2.75) is 45.7 Å². The maximum atomic E-state index is 8.49. The highest BCUT2D eigenvalue weighted by Crippen LogP contribution is 2.09. The van der Waals surface area contributed by atoms with E-state index in [1.165, 1.54) is 0 Å². The lowest BCUT2D eigenvalue weighted by atomic mass is 10.1. The number of hydrogen-bond donors (Lipinski definition) is 2. The van der Waals surface area contributed by atoms with Gasteiger partial charge in [-0.3, -0.25) is 4.90 Å². The fourth-order valence-electron chi connectivity index (χ4n) is 1.74. The molecule has 0 aliphatic carbocycles. The van der Waals surface area contributed by atoms with Gasteiger partial charge in [-0.1, -0.05) is 5.16 Å². The van der Waals surface area contributed by atoms with Gasteiger partial charge in [0.2, 0.25) is 0 Å². The molecule has 0 aromatic carbocycles. The molecule has 0 saturated carbocycles. The Kier molecular flexibility index (Phi) is 7.93. The van der Waals surface area contributed by atoms with Crippen molar-refractivity contribution in [2.75, 3.05) is 20.3 Å². The minimum Gasteiger partial charge on any atom is -0.409 e. The predicted octanol–water partition coefficient (Wildman–Crippen LogP) is 1.26. The van der Waals surface area contributed by atoms with Gasteiger partial charge in [0, 0.05) is 38.8 Å².